The lowest BCUT2D eigenvalue weighted by Crippen LogP contribution is -2.05. The number of rotatable bonds is 1. The lowest BCUT2D eigenvalue weighted by molar-refractivity contribution is 0.407. The molecular weight excluding hydrogens is 108 g/mol. The monoisotopic (exact) mass is 124 g/mol. The van der Waals surface area contributed by atoms with Crippen LogP contribution in [0.4, 0.5) is 0 Å². The summed E-state index contributed by atoms with van der Waals surface area (Å²) in [6.45, 7) is 8.51. The van der Waals surface area contributed by atoms with Gasteiger partial charge in [0.2, 0.25) is 0 Å². The SMILES string of the molecule is C=C[C@@H]1CCC(C)[C@@H]1C. The Labute approximate surface area is 58.0 Å². The second-order valence-electron chi connectivity index (χ2n) is 3.31. The molecule has 0 aromatic heterocycles. The lowest BCUT2D eigenvalue weighted by Gasteiger charge is -2.12. The van der Waals surface area contributed by atoms with Crippen LogP contribution >= 0.6 is 0 Å². The highest BCUT2D eigenvalue weighted by Crippen LogP contribution is 2.36. The van der Waals surface area contributed by atoms with E-state index in [0.717, 1.165) is 17.8 Å². The first-order valence-electron chi connectivity index (χ1n) is 3.88. The van der Waals surface area contributed by atoms with Crippen molar-refractivity contribution in [3.05, 3.63) is 12.7 Å². The number of hydrogen-bond donors (Lipinski definition) is 0. The molecule has 0 nitrogen and oxygen atoms in total. The highest BCUT2D eigenvalue weighted by molar-refractivity contribution is 4.90. The molecule has 0 aromatic rings. The molecule has 1 rings (SSSR count). The molecule has 0 heterocycles. The first-order valence-corrected chi connectivity index (χ1v) is 3.88. The van der Waals surface area contributed by atoms with E-state index in [2.05, 4.69) is 26.5 Å². The maximum Gasteiger partial charge on any atom is -0.0208 e. The van der Waals surface area contributed by atoms with Gasteiger partial charge in [0, 0.05) is 0 Å². The summed E-state index contributed by atoms with van der Waals surface area (Å²) < 4.78 is 0. The van der Waals surface area contributed by atoms with Crippen molar-refractivity contribution in [2.24, 2.45) is 17.8 Å². The molecule has 1 aliphatic carbocycles. The summed E-state index contributed by atoms with van der Waals surface area (Å²) >= 11 is 0. The molecule has 0 saturated heterocycles. The topological polar surface area (TPSA) is 0 Å². The summed E-state index contributed by atoms with van der Waals surface area (Å²) in [6, 6.07) is 0. The van der Waals surface area contributed by atoms with Crippen LogP contribution in [0.15, 0.2) is 12.7 Å². The minimum atomic E-state index is 0.806. The largest absolute Gasteiger partial charge is 0.103 e. The quantitative estimate of drug-likeness (QED) is 0.471. The van der Waals surface area contributed by atoms with E-state index >= 15 is 0 Å². The van der Waals surface area contributed by atoms with Crippen molar-refractivity contribution in [2.75, 3.05) is 0 Å². The van der Waals surface area contributed by atoms with Crippen LogP contribution in [0.1, 0.15) is 26.7 Å². The van der Waals surface area contributed by atoms with Crippen LogP contribution < -0.4 is 0 Å². The molecule has 0 bridgehead atoms. The van der Waals surface area contributed by atoms with Crippen molar-refractivity contribution in [2.45, 2.75) is 26.7 Å². The summed E-state index contributed by atoms with van der Waals surface area (Å²) in [5.74, 6) is 2.61. The second kappa shape index (κ2) is 2.55. The van der Waals surface area contributed by atoms with E-state index in [1.807, 2.05) is 0 Å². The van der Waals surface area contributed by atoms with Crippen LogP contribution in [-0.2, 0) is 0 Å². The lowest BCUT2D eigenvalue weighted by atomic mass is 9.93. The van der Waals surface area contributed by atoms with Crippen LogP contribution in [0.3, 0.4) is 0 Å². The minimum Gasteiger partial charge on any atom is -0.103 e. The summed E-state index contributed by atoms with van der Waals surface area (Å²) in [5, 5.41) is 0. The van der Waals surface area contributed by atoms with Gasteiger partial charge in [-0.2, -0.15) is 0 Å². The molecule has 3 atom stereocenters. The molecular formula is C9H16. The molecule has 0 spiro atoms. The number of allylic oxidation sites excluding steroid dienone is 1. The van der Waals surface area contributed by atoms with Crippen molar-refractivity contribution in [1.29, 1.82) is 0 Å². The third-order valence-corrected chi connectivity index (χ3v) is 2.83. The summed E-state index contributed by atoms with van der Waals surface area (Å²) in [7, 11) is 0. The predicted octanol–water partition coefficient (Wildman–Crippen LogP) is 2.85. The molecule has 1 unspecified atom stereocenters. The molecule has 1 saturated carbocycles. The van der Waals surface area contributed by atoms with E-state index in [1.165, 1.54) is 12.8 Å². The first-order chi connectivity index (χ1) is 4.25. The first kappa shape index (κ1) is 6.85. The zero-order chi connectivity index (χ0) is 6.85. The molecule has 52 valence electrons. The maximum absolute atomic E-state index is 3.83. The number of hydrogen-bond acceptors (Lipinski definition) is 0. The Morgan fingerprint density at radius 2 is 2.00 bits per heavy atom. The third-order valence-electron chi connectivity index (χ3n) is 2.83. The van der Waals surface area contributed by atoms with E-state index < -0.39 is 0 Å². The highest BCUT2D eigenvalue weighted by atomic mass is 14.3. The molecule has 0 aromatic carbocycles. The van der Waals surface area contributed by atoms with Gasteiger partial charge in [0.25, 0.3) is 0 Å². The Morgan fingerprint density at radius 3 is 2.22 bits per heavy atom. The fourth-order valence-corrected chi connectivity index (χ4v) is 1.74. The van der Waals surface area contributed by atoms with Crippen LogP contribution in [-0.4, -0.2) is 0 Å². The van der Waals surface area contributed by atoms with Gasteiger partial charge in [-0.3, -0.25) is 0 Å². The Balaban J connectivity index is 2.50. The Kier molecular flexibility index (Phi) is 1.94. The molecule has 0 N–H and O–H groups in total. The van der Waals surface area contributed by atoms with Gasteiger partial charge >= 0.3 is 0 Å². The van der Waals surface area contributed by atoms with E-state index in [-0.39, 0.29) is 0 Å². The average Bonchev–Trinajstić information content (AvgIpc) is 2.15. The average molecular weight is 124 g/mol. The van der Waals surface area contributed by atoms with Crippen molar-refractivity contribution in [3.8, 4) is 0 Å². The van der Waals surface area contributed by atoms with E-state index in [9.17, 15) is 0 Å². The molecule has 0 radical (unpaired) electrons. The highest BCUT2D eigenvalue weighted by Gasteiger charge is 2.26. The molecule has 0 aliphatic heterocycles. The summed E-state index contributed by atoms with van der Waals surface area (Å²) in [4.78, 5) is 0. The van der Waals surface area contributed by atoms with Crippen molar-refractivity contribution < 1.29 is 0 Å². The Hall–Kier alpha value is -0.260. The minimum absolute atomic E-state index is 0.806. The zero-order valence-electron chi connectivity index (χ0n) is 6.43. The summed E-state index contributed by atoms with van der Waals surface area (Å²) in [6.07, 6.45) is 4.89. The van der Waals surface area contributed by atoms with Crippen molar-refractivity contribution in [3.63, 3.8) is 0 Å². The molecule has 1 aliphatic rings. The van der Waals surface area contributed by atoms with Gasteiger partial charge in [0.1, 0.15) is 0 Å². The van der Waals surface area contributed by atoms with Gasteiger partial charge in [0.05, 0.1) is 0 Å². The molecule has 0 amide bonds. The van der Waals surface area contributed by atoms with Crippen LogP contribution in [0, 0.1) is 17.8 Å². The molecule has 1 fully saturated rings. The van der Waals surface area contributed by atoms with Crippen molar-refractivity contribution >= 4 is 0 Å². The fourth-order valence-electron chi connectivity index (χ4n) is 1.74. The second-order valence-corrected chi connectivity index (χ2v) is 3.31. The van der Waals surface area contributed by atoms with Gasteiger partial charge in [-0.05, 0) is 30.6 Å². The Bertz CT molecular complexity index is 105. The molecule has 9 heavy (non-hydrogen) atoms. The Morgan fingerprint density at radius 1 is 1.33 bits per heavy atom. The van der Waals surface area contributed by atoms with Crippen LogP contribution in [0.5, 0.6) is 0 Å². The van der Waals surface area contributed by atoms with E-state index in [1.54, 1.807) is 0 Å². The zero-order valence-corrected chi connectivity index (χ0v) is 6.43. The van der Waals surface area contributed by atoms with Gasteiger partial charge in [0.15, 0.2) is 0 Å². The van der Waals surface area contributed by atoms with Gasteiger partial charge in [-0.25, -0.2) is 0 Å². The predicted molar refractivity (Wildman–Crippen MR) is 41.2 cm³/mol. The summed E-state index contributed by atoms with van der Waals surface area (Å²) in [5.41, 5.74) is 0. The van der Waals surface area contributed by atoms with Crippen LogP contribution in [0.25, 0.3) is 0 Å². The standard InChI is InChI=1S/C9H16/c1-4-9-6-5-7(2)8(9)3/h4,7-9H,1,5-6H2,2-3H3/t7?,8-,9+/m0/s1. The van der Waals surface area contributed by atoms with E-state index in [4.69, 9.17) is 0 Å². The third kappa shape index (κ3) is 1.17. The fraction of sp³-hybridized carbons (Fsp3) is 0.778. The van der Waals surface area contributed by atoms with Gasteiger partial charge in [-0.1, -0.05) is 19.9 Å². The molecule has 0 heteroatoms. The van der Waals surface area contributed by atoms with E-state index in [0.29, 0.717) is 0 Å². The van der Waals surface area contributed by atoms with Gasteiger partial charge in [-0.15, -0.1) is 6.58 Å². The smallest absolute Gasteiger partial charge is 0.0208 e. The maximum atomic E-state index is 3.83. The normalized spacial score (nSPS) is 43.1. The van der Waals surface area contributed by atoms with Gasteiger partial charge < -0.3 is 0 Å². The van der Waals surface area contributed by atoms with Crippen LogP contribution in [0.2, 0.25) is 0 Å². The van der Waals surface area contributed by atoms with Crippen molar-refractivity contribution in [1.82, 2.24) is 0 Å².